The van der Waals surface area contributed by atoms with Crippen LogP contribution in [0.1, 0.15) is 19.8 Å². The summed E-state index contributed by atoms with van der Waals surface area (Å²) in [4.78, 5) is 25.5. The van der Waals surface area contributed by atoms with Gasteiger partial charge in [0, 0.05) is 18.7 Å². The molecule has 1 aliphatic heterocycles. The Kier molecular flexibility index (Phi) is 4.32. The van der Waals surface area contributed by atoms with E-state index in [1.165, 1.54) is 0 Å². The van der Waals surface area contributed by atoms with E-state index in [0.717, 1.165) is 0 Å². The molecule has 1 aliphatic rings. The van der Waals surface area contributed by atoms with Crippen molar-refractivity contribution in [1.29, 1.82) is 0 Å². The van der Waals surface area contributed by atoms with E-state index in [4.69, 9.17) is 23.2 Å². The van der Waals surface area contributed by atoms with Crippen LogP contribution in [0.15, 0.2) is 18.2 Å². The van der Waals surface area contributed by atoms with E-state index in [1.54, 1.807) is 23.1 Å². The standard InChI is InChI=1S/C13H14Cl2N2O2/c1-2-11-13(19)17(6-5-12(18)16-11)8-3-4-9(14)10(15)7-8/h3-4,7,11H,2,5-6H2,1H3,(H,16,18). The molecule has 0 aliphatic carbocycles. The molecule has 0 aromatic heterocycles. The van der Waals surface area contributed by atoms with Crippen LogP contribution in [0.3, 0.4) is 0 Å². The van der Waals surface area contributed by atoms with E-state index < -0.39 is 6.04 Å². The average molecular weight is 301 g/mol. The highest BCUT2D eigenvalue weighted by molar-refractivity contribution is 6.42. The summed E-state index contributed by atoms with van der Waals surface area (Å²) >= 11 is 11.8. The van der Waals surface area contributed by atoms with E-state index in [-0.39, 0.29) is 18.2 Å². The van der Waals surface area contributed by atoms with Crippen molar-refractivity contribution in [3.63, 3.8) is 0 Å². The first kappa shape index (κ1) is 14.2. The molecule has 0 spiro atoms. The Morgan fingerprint density at radius 3 is 2.68 bits per heavy atom. The molecule has 1 N–H and O–H groups in total. The molecule has 2 amide bonds. The Morgan fingerprint density at radius 2 is 2.05 bits per heavy atom. The van der Waals surface area contributed by atoms with Crippen molar-refractivity contribution in [2.75, 3.05) is 11.4 Å². The minimum atomic E-state index is -0.482. The largest absolute Gasteiger partial charge is 0.344 e. The summed E-state index contributed by atoms with van der Waals surface area (Å²) in [6.45, 7) is 2.21. The van der Waals surface area contributed by atoms with Gasteiger partial charge in [0.05, 0.1) is 10.0 Å². The van der Waals surface area contributed by atoms with Crippen LogP contribution in [0.2, 0.25) is 10.0 Å². The van der Waals surface area contributed by atoms with Crippen LogP contribution >= 0.6 is 23.2 Å². The number of amides is 2. The molecule has 6 heteroatoms. The van der Waals surface area contributed by atoms with Gasteiger partial charge in [-0.15, -0.1) is 0 Å². The van der Waals surface area contributed by atoms with Crippen molar-refractivity contribution in [3.05, 3.63) is 28.2 Å². The van der Waals surface area contributed by atoms with Crippen molar-refractivity contribution in [2.45, 2.75) is 25.8 Å². The van der Waals surface area contributed by atoms with Crippen LogP contribution in [0.4, 0.5) is 5.69 Å². The Balaban J connectivity index is 2.33. The Bertz CT molecular complexity index is 519. The summed E-state index contributed by atoms with van der Waals surface area (Å²) in [5, 5.41) is 3.55. The third-order valence-corrected chi connectivity index (χ3v) is 3.82. The SMILES string of the molecule is CCC1NC(=O)CCN(c2ccc(Cl)c(Cl)c2)C1=O. The van der Waals surface area contributed by atoms with Crippen LogP contribution in [-0.4, -0.2) is 24.4 Å². The summed E-state index contributed by atoms with van der Waals surface area (Å²) in [5.41, 5.74) is 0.661. The third-order valence-electron chi connectivity index (χ3n) is 3.08. The van der Waals surface area contributed by atoms with Gasteiger partial charge >= 0.3 is 0 Å². The van der Waals surface area contributed by atoms with Gasteiger partial charge in [0.1, 0.15) is 6.04 Å². The van der Waals surface area contributed by atoms with Crippen molar-refractivity contribution in [2.24, 2.45) is 0 Å². The fourth-order valence-corrected chi connectivity index (χ4v) is 2.32. The van der Waals surface area contributed by atoms with Crippen molar-refractivity contribution >= 4 is 40.7 Å². The number of nitrogens with zero attached hydrogens (tertiary/aromatic N) is 1. The van der Waals surface area contributed by atoms with Crippen molar-refractivity contribution in [1.82, 2.24) is 5.32 Å². The lowest BCUT2D eigenvalue weighted by Crippen LogP contribution is -2.44. The van der Waals surface area contributed by atoms with Crippen molar-refractivity contribution in [3.8, 4) is 0 Å². The second kappa shape index (κ2) is 5.80. The molecule has 1 atom stereocenters. The summed E-state index contributed by atoms with van der Waals surface area (Å²) in [5.74, 6) is -0.227. The van der Waals surface area contributed by atoms with Gasteiger partial charge in [0.2, 0.25) is 11.8 Å². The molecule has 0 saturated carbocycles. The number of nitrogens with one attached hydrogen (secondary N) is 1. The molecule has 1 unspecified atom stereocenters. The lowest BCUT2D eigenvalue weighted by Gasteiger charge is -2.23. The topological polar surface area (TPSA) is 49.4 Å². The fourth-order valence-electron chi connectivity index (χ4n) is 2.03. The van der Waals surface area contributed by atoms with Crippen LogP contribution in [0, 0.1) is 0 Å². The highest BCUT2D eigenvalue weighted by Crippen LogP contribution is 2.28. The summed E-state index contributed by atoms with van der Waals surface area (Å²) in [6, 6.07) is 4.54. The maximum absolute atomic E-state index is 12.4. The van der Waals surface area contributed by atoms with Gasteiger partial charge in [-0.3, -0.25) is 9.59 Å². The zero-order valence-electron chi connectivity index (χ0n) is 10.5. The normalized spacial score (nSPS) is 20.2. The van der Waals surface area contributed by atoms with Crippen molar-refractivity contribution < 1.29 is 9.59 Å². The first-order chi connectivity index (χ1) is 9.02. The number of anilines is 1. The molecule has 2 rings (SSSR count). The predicted octanol–water partition coefficient (Wildman–Crippen LogP) is 2.62. The zero-order valence-corrected chi connectivity index (χ0v) is 12.0. The van der Waals surface area contributed by atoms with Crippen LogP contribution < -0.4 is 10.2 Å². The van der Waals surface area contributed by atoms with E-state index in [9.17, 15) is 9.59 Å². The molecular weight excluding hydrogens is 287 g/mol. The first-order valence-electron chi connectivity index (χ1n) is 6.08. The number of carbonyl (C=O) groups is 2. The number of benzene rings is 1. The Morgan fingerprint density at radius 1 is 1.32 bits per heavy atom. The molecule has 1 aromatic carbocycles. The van der Waals surface area contributed by atoms with Gasteiger partial charge in [-0.25, -0.2) is 0 Å². The number of rotatable bonds is 2. The Hall–Kier alpha value is -1.26. The summed E-state index contributed by atoms with van der Waals surface area (Å²) in [6.07, 6.45) is 0.838. The molecule has 1 fully saturated rings. The van der Waals surface area contributed by atoms with E-state index >= 15 is 0 Å². The lowest BCUT2D eigenvalue weighted by molar-refractivity contribution is -0.125. The van der Waals surface area contributed by atoms with Crippen LogP contribution in [-0.2, 0) is 9.59 Å². The molecule has 1 saturated heterocycles. The van der Waals surface area contributed by atoms with Gasteiger partial charge in [-0.05, 0) is 24.6 Å². The molecule has 0 radical (unpaired) electrons. The minimum Gasteiger partial charge on any atom is -0.344 e. The quantitative estimate of drug-likeness (QED) is 0.913. The van der Waals surface area contributed by atoms with Gasteiger partial charge in [-0.2, -0.15) is 0 Å². The zero-order chi connectivity index (χ0) is 14.0. The minimum absolute atomic E-state index is 0.109. The van der Waals surface area contributed by atoms with E-state index in [2.05, 4.69) is 5.32 Å². The van der Waals surface area contributed by atoms with Crippen LogP contribution in [0.5, 0.6) is 0 Å². The molecular formula is C13H14Cl2N2O2. The highest BCUT2D eigenvalue weighted by Gasteiger charge is 2.29. The highest BCUT2D eigenvalue weighted by atomic mass is 35.5. The van der Waals surface area contributed by atoms with Gasteiger partial charge in [0.25, 0.3) is 0 Å². The smallest absolute Gasteiger partial charge is 0.249 e. The molecule has 19 heavy (non-hydrogen) atoms. The number of hydrogen-bond donors (Lipinski definition) is 1. The summed E-state index contributed by atoms with van der Waals surface area (Å²) in [7, 11) is 0. The Labute approximate surface area is 121 Å². The molecule has 1 heterocycles. The molecule has 0 bridgehead atoms. The molecule has 102 valence electrons. The average Bonchev–Trinajstić information content (AvgIpc) is 2.53. The summed E-state index contributed by atoms with van der Waals surface area (Å²) < 4.78 is 0. The lowest BCUT2D eigenvalue weighted by atomic mass is 10.2. The number of halogens is 2. The third kappa shape index (κ3) is 3.01. The van der Waals surface area contributed by atoms with Gasteiger partial charge < -0.3 is 10.2 Å². The fraction of sp³-hybridized carbons (Fsp3) is 0.385. The monoisotopic (exact) mass is 300 g/mol. The molecule has 1 aromatic rings. The van der Waals surface area contributed by atoms with E-state index in [1.807, 2.05) is 6.92 Å². The van der Waals surface area contributed by atoms with Crippen LogP contribution in [0.25, 0.3) is 0 Å². The van der Waals surface area contributed by atoms with Gasteiger partial charge in [0.15, 0.2) is 0 Å². The van der Waals surface area contributed by atoms with E-state index in [0.29, 0.717) is 28.7 Å². The number of hydrogen-bond acceptors (Lipinski definition) is 2. The maximum atomic E-state index is 12.4. The first-order valence-corrected chi connectivity index (χ1v) is 6.84. The predicted molar refractivity (Wildman–Crippen MR) is 75.7 cm³/mol. The van der Waals surface area contributed by atoms with Gasteiger partial charge in [-0.1, -0.05) is 30.1 Å². The maximum Gasteiger partial charge on any atom is 0.249 e. The number of carbonyl (C=O) groups excluding carboxylic acids is 2. The second-order valence-corrected chi connectivity index (χ2v) is 5.18. The molecule has 4 nitrogen and oxygen atoms in total. The second-order valence-electron chi connectivity index (χ2n) is 4.37.